The second kappa shape index (κ2) is 6.24. The first kappa shape index (κ1) is 15.5. The van der Waals surface area contributed by atoms with Crippen molar-refractivity contribution in [2.75, 3.05) is 12.4 Å². The first-order chi connectivity index (χ1) is 9.94. The normalized spacial score (nSPS) is 12.9. The average Bonchev–Trinajstić information content (AvgIpc) is 2.47. The van der Waals surface area contributed by atoms with Crippen molar-refractivity contribution in [2.24, 2.45) is 0 Å². The summed E-state index contributed by atoms with van der Waals surface area (Å²) in [6.07, 6.45) is 1.47. The highest BCUT2D eigenvalue weighted by atomic mass is 32.2. The van der Waals surface area contributed by atoms with E-state index >= 15 is 0 Å². The van der Waals surface area contributed by atoms with Crippen LogP contribution in [0.25, 0.3) is 0 Å². The van der Waals surface area contributed by atoms with Crippen molar-refractivity contribution < 1.29 is 8.42 Å². The summed E-state index contributed by atoms with van der Waals surface area (Å²) < 4.78 is 27.6. The molecule has 5 nitrogen and oxygen atoms in total. The highest BCUT2D eigenvalue weighted by Crippen LogP contribution is 2.20. The van der Waals surface area contributed by atoms with E-state index in [1.54, 1.807) is 7.05 Å². The molecule has 0 saturated heterocycles. The molecule has 1 atom stereocenters. The van der Waals surface area contributed by atoms with Crippen LogP contribution in [0.3, 0.4) is 0 Å². The van der Waals surface area contributed by atoms with Crippen molar-refractivity contribution >= 4 is 15.8 Å². The van der Waals surface area contributed by atoms with Crippen LogP contribution in [0.15, 0.2) is 47.5 Å². The van der Waals surface area contributed by atoms with E-state index in [0.717, 1.165) is 11.1 Å². The zero-order chi connectivity index (χ0) is 15.5. The topological polar surface area (TPSA) is 71.1 Å². The Labute approximate surface area is 125 Å². The minimum atomic E-state index is -3.59. The lowest BCUT2D eigenvalue weighted by Crippen LogP contribution is -2.27. The number of sulfonamides is 1. The summed E-state index contributed by atoms with van der Waals surface area (Å²) in [6, 6.07) is 10.4. The maximum absolute atomic E-state index is 12.4. The number of nitrogens with zero attached hydrogens (tertiary/aromatic N) is 1. The van der Waals surface area contributed by atoms with Crippen LogP contribution in [0.1, 0.15) is 24.1 Å². The van der Waals surface area contributed by atoms with Crippen LogP contribution < -0.4 is 10.0 Å². The molecular weight excluding hydrogens is 286 g/mol. The van der Waals surface area contributed by atoms with E-state index in [2.05, 4.69) is 15.0 Å². The molecule has 0 bridgehead atoms. The molecule has 0 fully saturated rings. The average molecular weight is 305 g/mol. The molecule has 0 amide bonds. The molecule has 0 radical (unpaired) electrons. The van der Waals surface area contributed by atoms with Gasteiger partial charge in [0.25, 0.3) is 0 Å². The maximum Gasteiger partial charge on any atom is 0.241 e. The Bertz CT molecular complexity index is 729. The molecule has 2 aromatic rings. The molecule has 21 heavy (non-hydrogen) atoms. The van der Waals surface area contributed by atoms with Gasteiger partial charge >= 0.3 is 0 Å². The molecule has 2 rings (SSSR count). The van der Waals surface area contributed by atoms with E-state index in [4.69, 9.17) is 0 Å². The van der Waals surface area contributed by atoms with Gasteiger partial charge in [0.1, 0.15) is 5.82 Å². The van der Waals surface area contributed by atoms with E-state index in [1.165, 1.54) is 18.3 Å². The van der Waals surface area contributed by atoms with Crippen LogP contribution in [0, 0.1) is 6.92 Å². The van der Waals surface area contributed by atoms with Gasteiger partial charge in [0.15, 0.2) is 0 Å². The minimum Gasteiger partial charge on any atom is -0.373 e. The van der Waals surface area contributed by atoms with Gasteiger partial charge in [0, 0.05) is 25.4 Å². The molecule has 0 spiro atoms. The molecular formula is C15H19N3O2S. The van der Waals surface area contributed by atoms with Crippen LogP contribution >= 0.6 is 0 Å². The van der Waals surface area contributed by atoms with Gasteiger partial charge in [0.05, 0.1) is 4.90 Å². The van der Waals surface area contributed by atoms with Gasteiger partial charge in [-0.15, -0.1) is 0 Å². The SMILES string of the molecule is CNc1cc(S(=O)(=O)NC(C)c2ccccc2C)ccn1. The monoisotopic (exact) mass is 305 g/mol. The van der Waals surface area contributed by atoms with E-state index in [0.29, 0.717) is 5.82 Å². The van der Waals surface area contributed by atoms with Gasteiger partial charge in [-0.05, 0) is 31.0 Å². The Morgan fingerprint density at radius 3 is 2.57 bits per heavy atom. The number of rotatable bonds is 5. The second-order valence-electron chi connectivity index (χ2n) is 4.83. The zero-order valence-electron chi connectivity index (χ0n) is 12.3. The molecule has 0 aliphatic carbocycles. The largest absolute Gasteiger partial charge is 0.373 e. The fourth-order valence-electron chi connectivity index (χ4n) is 2.15. The van der Waals surface area contributed by atoms with E-state index in [1.807, 2.05) is 38.1 Å². The van der Waals surface area contributed by atoms with Gasteiger partial charge in [-0.3, -0.25) is 0 Å². The molecule has 112 valence electrons. The Morgan fingerprint density at radius 2 is 1.90 bits per heavy atom. The van der Waals surface area contributed by atoms with Gasteiger partial charge in [-0.2, -0.15) is 0 Å². The highest BCUT2D eigenvalue weighted by molar-refractivity contribution is 7.89. The lowest BCUT2D eigenvalue weighted by Gasteiger charge is -2.17. The smallest absolute Gasteiger partial charge is 0.241 e. The first-order valence-electron chi connectivity index (χ1n) is 6.65. The maximum atomic E-state index is 12.4. The lowest BCUT2D eigenvalue weighted by molar-refractivity contribution is 0.566. The third-order valence-corrected chi connectivity index (χ3v) is 4.82. The van der Waals surface area contributed by atoms with Crippen molar-refractivity contribution in [1.29, 1.82) is 0 Å². The Balaban J connectivity index is 2.27. The zero-order valence-corrected chi connectivity index (χ0v) is 13.1. The van der Waals surface area contributed by atoms with E-state index in [-0.39, 0.29) is 10.9 Å². The van der Waals surface area contributed by atoms with Gasteiger partial charge in [0.2, 0.25) is 10.0 Å². The van der Waals surface area contributed by atoms with E-state index in [9.17, 15) is 8.42 Å². The summed E-state index contributed by atoms with van der Waals surface area (Å²) >= 11 is 0. The van der Waals surface area contributed by atoms with Crippen molar-refractivity contribution in [3.63, 3.8) is 0 Å². The number of hydrogen-bond acceptors (Lipinski definition) is 4. The first-order valence-corrected chi connectivity index (χ1v) is 8.14. The fourth-order valence-corrected chi connectivity index (χ4v) is 3.39. The quantitative estimate of drug-likeness (QED) is 0.890. The summed E-state index contributed by atoms with van der Waals surface area (Å²) in [5, 5.41) is 2.83. The Morgan fingerprint density at radius 1 is 1.19 bits per heavy atom. The molecule has 1 heterocycles. The highest BCUT2D eigenvalue weighted by Gasteiger charge is 2.19. The Hall–Kier alpha value is -1.92. The minimum absolute atomic E-state index is 0.197. The molecule has 0 aliphatic heterocycles. The third kappa shape index (κ3) is 3.59. The van der Waals surface area contributed by atoms with Crippen molar-refractivity contribution in [3.05, 3.63) is 53.7 Å². The molecule has 0 saturated carbocycles. The summed E-state index contributed by atoms with van der Waals surface area (Å²) in [5.41, 5.74) is 2.02. The standard InChI is InChI=1S/C15H19N3O2S/c1-11-6-4-5-7-14(11)12(2)18-21(19,20)13-8-9-17-15(10-13)16-3/h4-10,12,18H,1-3H3,(H,16,17). The summed E-state index contributed by atoms with van der Waals surface area (Å²) in [7, 11) is -1.89. The summed E-state index contributed by atoms with van der Waals surface area (Å²) in [4.78, 5) is 4.22. The summed E-state index contributed by atoms with van der Waals surface area (Å²) in [5.74, 6) is 0.515. The van der Waals surface area contributed by atoms with Crippen LogP contribution in [-0.4, -0.2) is 20.4 Å². The number of benzene rings is 1. The number of hydrogen-bond donors (Lipinski definition) is 2. The molecule has 2 N–H and O–H groups in total. The van der Waals surface area contributed by atoms with Gasteiger partial charge < -0.3 is 5.32 Å². The number of aryl methyl sites for hydroxylation is 1. The number of nitrogens with one attached hydrogen (secondary N) is 2. The van der Waals surface area contributed by atoms with Crippen LogP contribution in [0.4, 0.5) is 5.82 Å². The van der Waals surface area contributed by atoms with Crippen molar-refractivity contribution in [2.45, 2.75) is 24.8 Å². The van der Waals surface area contributed by atoms with Crippen LogP contribution in [0.2, 0.25) is 0 Å². The third-order valence-electron chi connectivity index (χ3n) is 3.28. The van der Waals surface area contributed by atoms with Gasteiger partial charge in [-0.1, -0.05) is 24.3 Å². The molecule has 1 aromatic carbocycles. The predicted molar refractivity (Wildman–Crippen MR) is 83.7 cm³/mol. The number of aromatic nitrogens is 1. The molecule has 1 aromatic heterocycles. The lowest BCUT2D eigenvalue weighted by atomic mass is 10.0. The molecule has 6 heteroatoms. The van der Waals surface area contributed by atoms with Crippen LogP contribution in [0.5, 0.6) is 0 Å². The van der Waals surface area contributed by atoms with Crippen LogP contribution in [-0.2, 0) is 10.0 Å². The number of anilines is 1. The fraction of sp³-hybridized carbons (Fsp3) is 0.267. The second-order valence-corrected chi connectivity index (χ2v) is 6.54. The summed E-state index contributed by atoms with van der Waals surface area (Å²) in [6.45, 7) is 3.80. The van der Waals surface area contributed by atoms with Crippen molar-refractivity contribution in [3.8, 4) is 0 Å². The molecule has 0 aliphatic rings. The van der Waals surface area contributed by atoms with Gasteiger partial charge in [-0.25, -0.2) is 18.1 Å². The molecule has 1 unspecified atom stereocenters. The number of pyridine rings is 1. The van der Waals surface area contributed by atoms with E-state index < -0.39 is 10.0 Å². The Kier molecular flexibility index (Phi) is 4.59. The predicted octanol–water partition coefficient (Wildman–Crippen LogP) is 2.47. The van der Waals surface area contributed by atoms with Crippen molar-refractivity contribution in [1.82, 2.24) is 9.71 Å².